The molecule has 0 saturated heterocycles. The molecule has 0 aromatic carbocycles. The molecule has 1 unspecified atom stereocenters. The Morgan fingerprint density at radius 1 is 1.75 bits per heavy atom. The molecule has 8 heavy (non-hydrogen) atoms. The number of nitrogens with two attached hydrogens (primary N) is 1. The molecule has 0 heterocycles. The molecule has 0 aliphatic carbocycles. The summed E-state index contributed by atoms with van der Waals surface area (Å²) in [4.78, 5) is 0. The third-order valence-corrected chi connectivity index (χ3v) is 1.23. The van der Waals surface area contributed by atoms with E-state index in [9.17, 15) is 4.39 Å². The fraction of sp³-hybridized carbons (Fsp3) is 1.00. The smallest absolute Gasteiger partial charge is 0.128 e. The van der Waals surface area contributed by atoms with E-state index in [0.29, 0.717) is 18.7 Å². The number of hydrogen-bond acceptors (Lipinski definition) is 1. The van der Waals surface area contributed by atoms with Gasteiger partial charge in [0.05, 0.1) is 6.67 Å². The molecule has 0 aliphatic rings. The average Bonchev–Trinajstić information content (AvgIpc) is 1.83. The van der Waals surface area contributed by atoms with Crippen molar-refractivity contribution in [3.63, 3.8) is 0 Å². The number of rotatable bonds is 4. The van der Waals surface area contributed by atoms with E-state index in [1.807, 2.05) is 6.92 Å². The molecule has 0 bridgehead atoms. The van der Waals surface area contributed by atoms with Gasteiger partial charge in [-0.15, -0.1) is 0 Å². The molecule has 0 aliphatic heterocycles. The van der Waals surface area contributed by atoms with Crippen molar-refractivity contribution in [1.82, 2.24) is 0 Å². The highest BCUT2D eigenvalue weighted by Gasteiger charge is 1.98. The summed E-state index contributed by atoms with van der Waals surface area (Å²) in [6, 6.07) is 0. The number of alkyl halides is 1. The molecule has 0 rings (SSSR count). The summed E-state index contributed by atoms with van der Waals surface area (Å²) in [5.41, 5.74) is 5.29. The zero-order chi connectivity index (χ0) is 6.41. The van der Waals surface area contributed by atoms with Crippen molar-refractivity contribution in [2.24, 2.45) is 5.73 Å². The highest BCUT2D eigenvalue weighted by Crippen LogP contribution is 1.98. The van der Waals surface area contributed by atoms with Crippen LogP contribution in [0.5, 0.6) is 0 Å². The Labute approximate surface area is 50.7 Å². The van der Waals surface area contributed by atoms with Gasteiger partial charge in [-0.25, -0.2) is 0 Å². The van der Waals surface area contributed by atoms with E-state index in [1.54, 1.807) is 0 Å². The van der Waals surface area contributed by atoms with Crippen LogP contribution in [0.4, 0.5) is 4.39 Å². The molecule has 1 atom stereocenters. The lowest BCUT2D eigenvalue weighted by Crippen LogP contribution is -2.11. The normalized spacial score (nSPS) is 13.4. The molecule has 0 spiro atoms. The van der Waals surface area contributed by atoms with Crippen molar-refractivity contribution in [2.75, 3.05) is 13.2 Å². The van der Waals surface area contributed by atoms with Gasteiger partial charge in [-0.2, -0.15) is 0 Å². The van der Waals surface area contributed by atoms with E-state index in [-0.39, 0.29) is 6.67 Å². The molecule has 0 aromatic heterocycles. The number of hydrogen-bond donors (Lipinski definition) is 1. The second-order valence-corrected chi connectivity index (χ2v) is 2.17. The van der Waals surface area contributed by atoms with Gasteiger partial charge in [0.15, 0.2) is 0 Å². The molecule has 0 fully saturated rings. The minimum absolute atomic E-state index is 0.204. The minimum atomic E-state index is -0.204. The Bertz CT molecular complexity index is 51.7. The first-order valence-corrected chi connectivity index (χ1v) is 3.07. The van der Waals surface area contributed by atoms with Crippen molar-refractivity contribution < 1.29 is 4.39 Å². The van der Waals surface area contributed by atoms with Gasteiger partial charge in [-0.05, 0) is 12.9 Å². The van der Waals surface area contributed by atoms with E-state index >= 15 is 0 Å². The Morgan fingerprint density at radius 3 is 2.75 bits per heavy atom. The summed E-state index contributed by atoms with van der Waals surface area (Å²) < 4.78 is 11.4. The van der Waals surface area contributed by atoms with E-state index in [1.165, 1.54) is 0 Å². The van der Waals surface area contributed by atoms with Crippen LogP contribution in [0.3, 0.4) is 0 Å². The lowest BCUT2D eigenvalue weighted by Gasteiger charge is -2.01. The molecule has 0 aromatic rings. The van der Waals surface area contributed by atoms with Gasteiger partial charge in [-0.1, -0.05) is 12.7 Å². The predicted octanol–water partition coefficient (Wildman–Crippen LogP) is 0.578. The van der Waals surface area contributed by atoms with Crippen LogP contribution in [0.25, 0.3) is 0 Å². The van der Waals surface area contributed by atoms with Crippen molar-refractivity contribution in [2.45, 2.75) is 19.1 Å². The van der Waals surface area contributed by atoms with Gasteiger partial charge in [-0.3, -0.25) is 4.39 Å². The molecule has 0 saturated carbocycles. The average molecular weight is 117 g/mol. The third kappa shape index (κ3) is 4.12. The quantitative estimate of drug-likeness (QED) is 0.535. The van der Waals surface area contributed by atoms with Gasteiger partial charge in [0, 0.05) is 0 Å². The van der Waals surface area contributed by atoms with Gasteiger partial charge in [0.2, 0.25) is 0 Å². The largest absolute Gasteiger partial charge is 0.331 e. The van der Waals surface area contributed by atoms with Crippen LogP contribution >= 0.6 is 0 Å². The zero-order valence-corrected chi connectivity index (χ0v) is 5.36. The van der Waals surface area contributed by atoms with Crippen LogP contribution in [0.15, 0.2) is 0 Å². The summed E-state index contributed by atoms with van der Waals surface area (Å²) in [5, 5.41) is 0. The lowest BCUT2D eigenvalue weighted by atomic mass is 9.63. The highest BCUT2D eigenvalue weighted by atomic mass is 19.1. The van der Waals surface area contributed by atoms with Crippen LogP contribution in [0, 0.1) is 0 Å². The molecule has 1 nitrogen and oxygen atoms in total. The van der Waals surface area contributed by atoms with Crippen LogP contribution < -0.4 is 5.73 Å². The second kappa shape index (κ2) is 5.10. The fourth-order valence-electron chi connectivity index (χ4n) is 0.543. The predicted molar refractivity (Wildman–Crippen MR) is 36.4 cm³/mol. The van der Waals surface area contributed by atoms with Crippen LogP contribution in [-0.4, -0.2) is 20.5 Å². The molecule has 0 radical (unpaired) electrons. The topological polar surface area (TPSA) is 26.0 Å². The molecule has 0 amide bonds. The van der Waals surface area contributed by atoms with Crippen molar-refractivity contribution in [3.8, 4) is 0 Å². The molecular formula is C5H13BFN. The zero-order valence-electron chi connectivity index (χ0n) is 5.36. The molecule has 48 valence electrons. The number of halogens is 1. The van der Waals surface area contributed by atoms with Gasteiger partial charge >= 0.3 is 0 Å². The van der Waals surface area contributed by atoms with E-state index in [4.69, 9.17) is 5.73 Å². The van der Waals surface area contributed by atoms with Crippen molar-refractivity contribution >= 4 is 7.28 Å². The monoisotopic (exact) mass is 117 g/mol. The maximum Gasteiger partial charge on any atom is 0.128 e. The fourth-order valence-corrected chi connectivity index (χ4v) is 0.543. The Morgan fingerprint density at radius 2 is 2.38 bits per heavy atom. The molecule has 2 N–H and O–H groups in total. The van der Waals surface area contributed by atoms with Gasteiger partial charge in [0.25, 0.3) is 0 Å². The summed E-state index contributed by atoms with van der Waals surface area (Å²) in [6.45, 7) is 2.51. The second-order valence-electron chi connectivity index (χ2n) is 2.17. The van der Waals surface area contributed by atoms with Gasteiger partial charge < -0.3 is 5.73 Å². The van der Waals surface area contributed by atoms with Crippen LogP contribution in [0.2, 0.25) is 12.1 Å². The van der Waals surface area contributed by atoms with E-state index in [0.717, 1.165) is 7.28 Å². The summed E-state index contributed by atoms with van der Waals surface area (Å²) in [6.07, 6.45) is 0.665. The van der Waals surface area contributed by atoms with Crippen molar-refractivity contribution in [1.29, 1.82) is 0 Å². The van der Waals surface area contributed by atoms with E-state index < -0.39 is 0 Å². The summed E-state index contributed by atoms with van der Waals surface area (Å²) in [5.74, 6) is 0.491. The van der Waals surface area contributed by atoms with Crippen LogP contribution in [-0.2, 0) is 0 Å². The van der Waals surface area contributed by atoms with Gasteiger partial charge in [0.1, 0.15) is 7.28 Å². The molecular weight excluding hydrogens is 104 g/mol. The maximum atomic E-state index is 11.4. The Kier molecular flexibility index (Phi) is 5.07. The first-order valence-electron chi connectivity index (χ1n) is 3.07. The molecule has 3 heteroatoms. The standard InChI is InChI=1S/C5H13BFN/c1-5(4-8)6-2-3-7/h5-6H,2-4,8H2,1H3. The van der Waals surface area contributed by atoms with Crippen LogP contribution in [0.1, 0.15) is 6.92 Å². The third-order valence-electron chi connectivity index (χ3n) is 1.23. The highest BCUT2D eigenvalue weighted by molar-refractivity contribution is 6.37. The first kappa shape index (κ1) is 7.95. The Hall–Kier alpha value is -0.0451. The Balaban J connectivity index is 2.86. The minimum Gasteiger partial charge on any atom is -0.331 e. The first-order chi connectivity index (χ1) is 3.81. The van der Waals surface area contributed by atoms with Crippen molar-refractivity contribution in [3.05, 3.63) is 0 Å². The summed E-state index contributed by atoms with van der Waals surface area (Å²) >= 11 is 0. The lowest BCUT2D eigenvalue weighted by molar-refractivity contribution is 0.524. The SMILES string of the molecule is CC(BCCF)CN. The van der Waals surface area contributed by atoms with E-state index in [2.05, 4.69) is 0 Å². The maximum absolute atomic E-state index is 11.4. The summed E-state index contributed by atoms with van der Waals surface area (Å²) in [7, 11) is 0.924.